The zero-order chi connectivity index (χ0) is 28.2. The third-order valence-corrected chi connectivity index (χ3v) is 6.96. The van der Waals surface area contributed by atoms with E-state index < -0.39 is 17.9 Å². The molecule has 1 atom stereocenters. The van der Waals surface area contributed by atoms with Crippen LogP contribution in [0.15, 0.2) is 108 Å². The summed E-state index contributed by atoms with van der Waals surface area (Å²) in [5, 5.41) is 10.2. The monoisotopic (exact) mass is 533 g/mol. The second-order valence-electron chi connectivity index (χ2n) is 9.18. The van der Waals surface area contributed by atoms with Crippen molar-refractivity contribution in [1.29, 1.82) is 5.26 Å². The number of aromatic nitrogens is 2. The molecule has 0 amide bonds. The Labute approximate surface area is 231 Å². The first-order chi connectivity index (χ1) is 19.5. The van der Waals surface area contributed by atoms with Crippen LogP contribution in [0.5, 0.6) is 0 Å². The molecule has 1 aliphatic rings. The van der Waals surface area contributed by atoms with Crippen LogP contribution in [0.1, 0.15) is 17.0 Å². The van der Waals surface area contributed by atoms with Gasteiger partial charge in [0, 0.05) is 6.54 Å². The fourth-order valence-corrected chi connectivity index (χ4v) is 5.05. The van der Waals surface area contributed by atoms with Crippen molar-refractivity contribution < 1.29 is 19.1 Å². The van der Waals surface area contributed by atoms with Crippen LogP contribution in [0.3, 0.4) is 0 Å². The van der Waals surface area contributed by atoms with Crippen LogP contribution in [-0.4, -0.2) is 35.7 Å². The molecule has 0 fully saturated rings. The Hall–Kier alpha value is -5.36. The molecule has 0 spiro atoms. The van der Waals surface area contributed by atoms with Gasteiger partial charge in [-0.3, -0.25) is 4.90 Å². The molecule has 1 aromatic heterocycles. The predicted molar refractivity (Wildman–Crippen MR) is 149 cm³/mol. The van der Waals surface area contributed by atoms with Crippen LogP contribution in [0, 0.1) is 11.3 Å². The Morgan fingerprint density at radius 3 is 2.30 bits per heavy atom. The maximum absolute atomic E-state index is 13.3. The summed E-state index contributed by atoms with van der Waals surface area (Å²) in [5.74, 6) is -2.49. The molecular weight excluding hydrogens is 506 g/mol. The molecule has 2 heterocycles. The number of nitriles is 1. The molecule has 1 aliphatic heterocycles. The minimum Gasteiger partial charge on any atom is -0.466 e. The summed E-state index contributed by atoms with van der Waals surface area (Å²) < 4.78 is 12.2. The van der Waals surface area contributed by atoms with Crippen LogP contribution in [0.4, 0.5) is 5.69 Å². The van der Waals surface area contributed by atoms with E-state index in [0.717, 1.165) is 18.5 Å². The smallest absolute Gasteiger partial charge is 0.355 e. The highest BCUT2D eigenvalue weighted by molar-refractivity contribution is 6.06. The Morgan fingerprint density at radius 1 is 0.975 bits per heavy atom. The summed E-state index contributed by atoms with van der Waals surface area (Å²) in [7, 11) is 2.44. The Bertz CT molecular complexity index is 1680. The summed E-state index contributed by atoms with van der Waals surface area (Å²) in [5.41, 5.74) is 10.4. The highest BCUT2D eigenvalue weighted by Crippen LogP contribution is 2.43. The Morgan fingerprint density at radius 2 is 1.65 bits per heavy atom. The summed E-state index contributed by atoms with van der Waals surface area (Å²) in [6, 6.07) is 26.6. The SMILES string of the molecule is COC(=O)C1=C(C(=O)OC)N(c2ccc3c(c2)ncn3CCc2ccccc2)C(N)=C(C#N)C1c1ccccc1. The standard InChI is InChI=1S/C31H27N5O4/c1-39-30(37)27-26(21-11-7-4-8-12-21)23(18-32)29(33)36(28(27)31(38)40-2)22-13-14-25-24(17-22)34-19-35(25)16-15-20-9-5-3-6-10-20/h3-14,17,19,26H,15-16,33H2,1-2H3. The predicted octanol–water partition coefficient (Wildman–Crippen LogP) is 4.18. The zero-order valence-corrected chi connectivity index (χ0v) is 22.1. The van der Waals surface area contributed by atoms with Crippen molar-refractivity contribution in [3.8, 4) is 6.07 Å². The maximum atomic E-state index is 13.3. The lowest BCUT2D eigenvalue weighted by atomic mass is 9.81. The molecule has 200 valence electrons. The average Bonchev–Trinajstić information content (AvgIpc) is 3.41. The van der Waals surface area contributed by atoms with Gasteiger partial charge in [0.15, 0.2) is 0 Å². The summed E-state index contributed by atoms with van der Waals surface area (Å²) in [6.07, 6.45) is 2.59. The molecule has 9 heteroatoms. The van der Waals surface area contributed by atoms with Gasteiger partial charge in [0.2, 0.25) is 0 Å². The lowest BCUT2D eigenvalue weighted by Gasteiger charge is -2.35. The van der Waals surface area contributed by atoms with Gasteiger partial charge in [0.25, 0.3) is 0 Å². The zero-order valence-electron chi connectivity index (χ0n) is 22.1. The fraction of sp³-hybridized carbons (Fsp3) is 0.161. The summed E-state index contributed by atoms with van der Waals surface area (Å²) in [6.45, 7) is 0.725. The van der Waals surface area contributed by atoms with Crippen molar-refractivity contribution in [1.82, 2.24) is 9.55 Å². The van der Waals surface area contributed by atoms with Crippen LogP contribution < -0.4 is 10.6 Å². The van der Waals surface area contributed by atoms with Gasteiger partial charge in [-0.1, -0.05) is 60.7 Å². The first kappa shape index (κ1) is 26.3. The Kier molecular flexibility index (Phi) is 7.33. The lowest BCUT2D eigenvalue weighted by molar-refractivity contribution is -0.139. The highest BCUT2D eigenvalue weighted by atomic mass is 16.5. The average molecular weight is 534 g/mol. The van der Waals surface area contributed by atoms with E-state index >= 15 is 0 Å². The van der Waals surface area contributed by atoms with Gasteiger partial charge < -0.3 is 19.8 Å². The minimum absolute atomic E-state index is 0.00673. The van der Waals surface area contributed by atoms with E-state index in [2.05, 4.69) is 23.2 Å². The van der Waals surface area contributed by atoms with Gasteiger partial charge in [0.1, 0.15) is 11.5 Å². The molecule has 0 saturated carbocycles. The number of fused-ring (bicyclic) bond motifs is 1. The van der Waals surface area contributed by atoms with Crippen LogP contribution in [0.25, 0.3) is 11.0 Å². The summed E-state index contributed by atoms with van der Waals surface area (Å²) >= 11 is 0. The van der Waals surface area contributed by atoms with Crippen molar-refractivity contribution >= 4 is 28.7 Å². The minimum atomic E-state index is -0.926. The van der Waals surface area contributed by atoms with Crippen molar-refractivity contribution in [2.45, 2.75) is 18.9 Å². The Balaban J connectivity index is 1.64. The van der Waals surface area contributed by atoms with E-state index in [9.17, 15) is 14.9 Å². The van der Waals surface area contributed by atoms with Crippen molar-refractivity contribution in [3.05, 3.63) is 119 Å². The number of rotatable bonds is 7. The second kappa shape index (κ2) is 11.2. The number of ether oxygens (including phenoxy) is 2. The van der Waals surface area contributed by atoms with E-state index in [1.807, 2.05) is 34.9 Å². The van der Waals surface area contributed by atoms with E-state index in [0.29, 0.717) is 16.8 Å². The molecule has 2 N–H and O–H groups in total. The number of nitrogens with two attached hydrogens (primary N) is 1. The van der Waals surface area contributed by atoms with E-state index in [1.54, 1.807) is 42.7 Å². The van der Waals surface area contributed by atoms with Gasteiger partial charge in [-0.2, -0.15) is 5.26 Å². The quantitative estimate of drug-likeness (QED) is 0.351. The number of imidazole rings is 1. The number of methoxy groups -OCH3 is 2. The van der Waals surface area contributed by atoms with Gasteiger partial charge >= 0.3 is 11.9 Å². The van der Waals surface area contributed by atoms with Crippen molar-refractivity contribution in [2.75, 3.05) is 19.1 Å². The largest absolute Gasteiger partial charge is 0.466 e. The lowest BCUT2D eigenvalue weighted by Crippen LogP contribution is -2.40. The molecule has 9 nitrogen and oxygen atoms in total. The van der Waals surface area contributed by atoms with Crippen molar-refractivity contribution in [2.24, 2.45) is 5.73 Å². The molecule has 0 bridgehead atoms. The molecule has 0 saturated heterocycles. The number of allylic oxidation sites excluding steroid dienone is 1. The third kappa shape index (κ3) is 4.67. The van der Waals surface area contributed by atoms with Gasteiger partial charge in [-0.05, 0) is 35.7 Å². The number of anilines is 1. The number of nitrogens with zero attached hydrogens (tertiary/aromatic N) is 4. The maximum Gasteiger partial charge on any atom is 0.355 e. The normalized spacial score (nSPS) is 15.2. The molecule has 0 aliphatic carbocycles. The number of carbonyl (C=O) groups is 2. The number of esters is 2. The van der Waals surface area contributed by atoms with Crippen molar-refractivity contribution in [3.63, 3.8) is 0 Å². The first-order valence-electron chi connectivity index (χ1n) is 12.6. The van der Waals surface area contributed by atoms with E-state index in [-0.39, 0.29) is 22.7 Å². The fourth-order valence-electron chi connectivity index (χ4n) is 5.05. The van der Waals surface area contributed by atoms with Crippen LogP contribution in [0.2, 0.25) is 0 Å². The van der Waals surface area contributed by atoms with Gasteiger partial charge in [0.05, 0.1) is 60.4 Å². The van der Waals surface area contributed by atoms with Gasteiger partial charge in [-0.25, -0.2) is 14.6 Å². The second-order valence-corrected chi connectivity index (χ2v) is 9.18. The van der Waals surface area contributed by atoms with E-state index in [1.165, 1.54) is 24.7 Å². The number of hydrogen-bond donors (Lipinski definition) is 1. The molecule has 0 radical (unpaired) electrons. The van der Waals surface area contributed by atoms with Crippen LogP contribution in [-0.2, 0) is 32.0 Å². The highest BCUT2D eigenvalue weighted by Gasteiger charge is 2.43. The molecule has 5 rings (SSSR count). The third-order valence-electron chi connectivity index (χ3n) is 6.96. The molecule has 40 heavy (non-hydrogen) atoms. The van der Waals surface area contributed by atoms with Gasteiger partial charge in [-0.15, -0.1) is 0 Å². The first-order valence-corrected chi connectivity index (χ1v) is 12.6. The number of aryl methyl sites for hydroxylation is 2. The molecule has 1 unspecified atom stereocenters. The summed E-state index contributed by atoms with van der Waals surface area (Å²) in [4.78, 5) is 32.4. The molecule has 3 aromatic carbocycles. The topological polar surface area (TPSA) is 123 Å². The molecular formula is C31H27N5O4. The number of benzene rings is 3. The number of carbonyl (C=O) groups excluding carboxylic acids is 2. The van der Waals surface area contributed by atoms with E-state index in [4.69, 9.17) is 15.2 Å². The van der Waals surface area contributed by atoms with Crippen LogP contribution >= 0.6 is 0 Å². The number of hydrogen-bond acceptors (Lipinski definition) is 8. The molecule has 4 aromatic rings.